The molecule has 0 spiro atoms. The molecule has 1 fully saturated rings. The minimum absolute atomic E-state index is 0.0895. The maximum absolute atomic E-state index is 11.7. The van der Waals surface area contributed by atoms with Gasteiger partial charge in [-0.3, -0.25) is 4.79 Å². The Morgan fingerprint density at radius 1 is 1.14 bits per heavy atom. The maximum Gasteiger partial charge on any atom is 0.329 e. The highest BCUT2D eigenvalue weighted by Gasteiger charge is 2.41. The molecule has 0 radical (unpaired) electrons. The van der Waals surface area contributed by atoms with Gasteiger partial charge in [0.15, 0.2) is 0 Å². The lowest BCUT2D eigenvalue weighted by Crippen LogP contribution is -2.54. The van der Waals surface area contributed by atoms with Crippen LogP contribution in [0.3, 0.4) is 0 Å². The Morgan fingerprint density at radius 2 is 1.76 bits per heavy atom. The highest BCUT2D eigenvalue weighted by Crippen LogP contribution is 2.27. The number of para-hydroxylation sites is 1. The second kappa shape index (κ2) is 6.58. The molecule has 21 heavy (non-hydrogen) atoms. The Morgan fingerprint density at radius 3 is 2.29 bits per heavy atom. The van der Waals surface area contributed by atoms with E-state index in [-0.39, 0.29) is 6.42 Å². The standard InChI is InChI=1S/C15H20N2O4/c18-13(19)6-9-17-10-7-15(8-11-17,14(20)21)16-12-4-2-1-3-5-12/h1-5,16H,6-11H2,(H,18,19)(H,20,21). The molecule has 114 valence electrons. The number of rotatable bonds is 6. The summed E-state index contributed by atoms with van der Waals surface area (Å²) in [6, 6.07) is 9.30. The topological polar surface area (TPSA) is 89.9 Å². The van der Waals surface area contributed by atoms with Crippen molar-refractivity contribution in [3.63, 3.8) is 0 Å². The number of likely N-dealkylation sites (tertiary alicyclic amines) is 1. The van der Waals surface area contributed by atoms with E-state index in [1.807, 2.05) is 35.2 Å². The summed E-state index contributed by atoms with van der Waals surface area (Å²) >= 11 is 0. The molecule has 3 N–H and O–H groups in total. The molecule has 0 bridgehead atoms. The van der Waals surface area contributed by atoms with Gasteiger partial charge in [0.05, 0.1) is 6.42 Å². The first-order valence-electron chi connectivity index (χ1n) is 7.03. The van der Waals surface area contributed by atoms with Gasteiger partial charge in [0.25, 0.3) is 0 Å². The fourth-order valence-corrected chi connectivity index (χ4v) is 2.60. The van der Waals surface area contributed by atoms with Gasteiger partial charge in [-0.25, -0.2) is 4.79 Å². The molecule has 0 aromatic heterocycles. The summed E-state index contributed by atoms with van der Waals surface area (Å²) in [5.41, 5.74) is -0.181. The summed E-state index contributed by atoms with van der Waals surface area (Å²) in [5, 5.41) is 21.4. The normalized spacial score (nSPS) is 18.1. The van der Waals surface area contributed by atoms with Crippen LogP contribution in [0.2, 0.25) is 0 Å². The van der Waals surface area contributed by atoms with E-state index in [4.69, 9.17) is 5.11 Å². The number of aliphatic carboxylic acids is 2. The van der Waals surface area contributed by atoms with Crippen LogP contribution in [-0.4, -0.2) is 52.2 Å². The second-order valence-corrected chi connectivity index (χ2v) is 5.36. The molecule has 2 rings (SSSR count). The third kappa shape index (κ3) is 3.95. The van der Waals surface area contributed by atoms with Crippen LogP contribution in [0.4, 0.5) is 5.69 Å². The Labute approximate surface area is 123 Å². The van der Waals surface area contributed by atoms with Gasteiger partial charge in [-0.05, 0) is 25.0 Å². The molecule has 6 heteroatoms. The Balaban J connectivity index is 1.99. The number of nitrogens with zero attached hydrogens (tertiary/aromatic N) is 1. The van der Waals surface area contributed by atoms with Crippen LogP contribution in [0.5, 0.6) is 0 Å². The molecule has 0 saturated carbocycles. The number of benzene rings is 1. The van der Waals surface area contributed by atoms with Gasteiger partial charge in [0.1, 0.15) is 5.54 Å². The Bertz CT molecular complexity index is 496. The molecule has 1 aromatic rings. The van der Waals surface area contributed by atoms with Crippen LogP contribution >= 0.6 is 0 Å². The zero-order valence-corrected chi connectivity index (χ0v) is 11.8. The number of anilines is 1. The highest BCUT2D eigenvalue weighted by molar-refractivity contribution is 5.83. The van der Waals surface area contributed by atoms with E-state index in [2.05, 4.69) is 5.32 Å². The van der Waals surface area contributed by atoms with Gasteiger partial charge in [-0.1, -0.05) is 18.2 Å². The zero-order valence-electron chi connectivity index (χ0n) is 11.8. The Hall–Kier alpha value is -2.08. The van der Waals surface area contributed by atoms with Crippen LogP contribution in [0.15, 0.2) is 30.3 Å². The molecular weight excluding hydrogens is 272 g/mol. The number of carboxylic acids is 2. The lowest BCUT2D eigenvalue weighted by atomic mass is 9.87. The first-order chi connectivity index (χ1) is 10.0. The van der Waals surface area contributed by atoms with Crippen molar-refractivity contribution in [2.75, 3.05) is 25.0 Å². The van der Waals surface area contributed by atoms with E-state index >= 15 is 0 Å². The first-order valence-corrected chi connectivity index (χ1v) is 7.03. The van der Waals surface area contributed by atoms with Crippen molar-refractivity contribution in [3.8, 4) is 0 Å². The van der Waals surface area contributed by atoms with E-state index in [0.717, 1.165) is 5.69 Å². The molecule has 0 aliphatic carbocycles. The fraction of sp³-hybridized carbons (Fsp3) is 0.467. The van der Waals surface area contributed by atoms with E-state index in [0.29, 0.717) is 32.5 Å². The van der Waals surface area contributed by atoms with Crippen molar-refractivity contribution in [2.24, 2.45) is 0 Å². The summed E-state index contributed by atoms with van der Waals surface area (Å²) in [7, 11) is 0. The smallest absolute Gasteiger partial charge is 0.329 e. The molecule has 0 unspecified atom stereocenters. The van der Waals surface area contributed by atoms with Crippen molar-refractivity contribution in [1.82, 2.24) is 4.90 Å². The van der Waals surface area contributed by atoms with Crippen LogP contribution < -0.4 is 5.32 Å². The van der Waals surface area contributed by atoms with Crippen LogP contribution in [0.25, 0.3) is 0 Å². The molecule has 1 aliphatic heterocycles. The van der Waals surface area contributed by atoms with E-state index in [1.54, 1.807) is 0 Å². The van der Waals surface area contributed by atoms with Gasteiger partial charge in [0.2, 0.25) is 0 Å². The third-order valence-electron chi connectivity index (χ3n) is 3.92. The predicted molar refractivity (Wildman–Crippen MR) is 78.4 cm³/mol. The number of piperidine rings is 1. The van der Waals surface area contributed by atoms with Crippen LogP contribution in [0.1, 0.15) is 19.3 Å². The van der Waals surface area contributed by atoms with Crippen molar-refractivity contribution < 1.29 is 19.8 Å². The third-order valence-corrected chi connectivity index (χ3v) is 3.92. The predicted octanol–water partition coefficient (Wildman–Crippen LogP) is 1.49. The van der Waals surface area contributed by atoms with Gasteiger partial charge in [0, 0.05) is 25.3 Å². The SMILES string of the molecule is O=C(O)CCN1CCC(Nc2ccccc2)(C(=O)O)CC1. The highest BCUT2D eigenvalue weighted by atomic mass is 16.4. The molecule has 0 atom stereocenters. The number of hydrogen-bond donors (Lipinski definition) is 3. The van der Waals surface area contributed by atoms with Crippen LogP contribution in [-0.2, 0) is 9.59 Å². The summed E-state index contributed by atoms with van der Waals surface area (Å²) < 4.78 is 0. The number of hydrogen-bond acceptors (Lipinski definition) is 4. The largest absolute Gasteiger partial charge is 0.481 e. The summed E-state index contributed by atoms with van der Waals surface area (Å²) in [4.78, 5) is 24.3. The minimum atomic E-state index is -0.971. The van der Waals surface area contributed by atoms with Crippen LogP contribution in [0, 0.1) is 0 Å². The van der Waals surface area contributed by atoms with E-state index < -0.39 is 17.5 Å². The number of carbonyl (C=O) groups is 2. The van der Waals surface area contributed by atoms with E-state index in [9.17, 15) is 14.7 Å². The number of nitrogens with one attached hydrogen (secondary N) is 1. The monoisotopic (exact) mass is 292 g/mol. The van der Waals surface area contributed by atoms with Gasteiger partial charge >= 0.3 is 11.9 Å². The van der Waals surface area contributed by atoms with Gasteiger partial charge in [-0.2, -0.15) is 0 Å². The molecular formula is C15H20N2O4. The lowest BCUT2D eigenvalue weighted by molar-refractivity contribution is -0.144. The molecule has 6 nitrogen and oxygen atoms in total. The van der Waals surface area contributed by atoms with E-state index in [1.165, 1.54) is 0 Å². The Kier molecular flexibility index (Phi) is 4.80. The average Bonchev–Trinajstić information content (AvgIpc) is 2.47. The van der Waals surface area contributed by atoms with Crippen molar-refractivity contribution in [3.05, 3.63) is 30.3 Å². The molecule has 0 amide bonds. The summed E-state index contributed by atoms with van der Waals surface area (Å²) in [6.07, 6.45) is 1.000. The fourth-order valence-electron chi connectivity index (χ4n) is 2.60. The molecule has 1 aliphatic rings. The minimum Gasteiger partial charge on any atom is -0.481 e. The summed E-state index contributed by atoms with van der Waals surface area (Å²) in [5.74, 6) is -1.68. The van der Waals surface area contributed by atoms with Gasteiger partial charge < -0.3 is 20.4 Å². The van der Waals surface area contributed by atoms with Gasteiger partial charge in [-0.15, -0.1) is 0 Å². The first kappa shape index (κ1) is 15.3. The van der Waals surface area contributed by atoms with Crippen molar-refractivity contribution in [2.45, 2.75) is 24.8 Å². The van der Waals surface area contributed by atoms with Crippen molar-refractivity contribution >= 4 is 17.6 Å². The van der Waals surface area contributed by atoms with Crippen molar-refractivity contribution in [1.29, 1.82) is 0 Å². The molecule has 1 saturated heterocycles. The average molecular weight is 292 g/mol. The second-order valence-electron chi connectivity index (χ2n) is 5.36. The lowest BCUT2D eigenvalue weighted by Gasteiger charge is -2.39. The molecule has 1 heterocycles. The zero-order chi connectivity index (χ0) is 15.3. The quantitative estimate of drug-likeness (QED) is 0.736. The number of carboxylic acid groups (broad SMARTS) is 2. The molecule has 1 aromatic carbocycles. The maximum atomic E-state index is 11.7. The summed E-state index contributed by atoms with van der Waals surface area (Å²) in [6.45, 7) is 1.63.